The third-order valence-corrected chi connectivity index (χ3v) is 5.34. The minimum absolute atomic E-state index is 0.203. The Labute approximate surface area is 153 Å². The molecule has 0 bridgehead atoms. The third-order valence-electron chi connectivity index (χ3n) is 5.34. The molecule has 1 N–H and O–H groups in total. The van der Waals surface area contributed by atoms with E-state index in [0.29, 0.717) is 12.8 Å². The summed E-state index contributed by atoms with van der Waals surface area (Å²) in [5.74, 6) is 1.69. The van der Waals surface area contributed by atoms with E-state index in [2.05, 4.69) is 25.3 Å². The number of piperidine rings is 1. The van der Waals surface area contributed by atoms with Crippen LogP contribution in [0.5, 0.6) is 0 Å². The van der Waals surface area contributed by atoms with Gasteiger partial charge in [0.25, 0.3) is 0 Å². The first kappa shape index (κ1) is 16.8. The van der Waals surface area contributed by atoms with Crippen LogP contribution in [0.1, 0.15) is 25.7 Å². The maximum atomic E-state index is 13.4. The van der Waals surface area contributed by atoms with Crippen molar-refractivity contribution in [3.63, 3.8) is 0 Å². The number of aryl methyl sites for hydroxylation is 1. The topological polar surface area (TPSA) is 79.2 Å². The van der Waals surface area contributed by atoms with Gasteiger partial charge in [-0.25, -0.2) is 9.97 Å². The van der Waals surface area contributed by atoms with Crippen LogP contribution in [0, 0.1) is 0 Å². The molecule has 0 saturated carbocycles. The molecule has 26 heavy (non-hydrogen) atoms. The summed E-state index contributed by atoms with van der Waals surface area (Å²) in [7, 11) is 1.88. The van der Waals surface area contributed by atoms with Crippen LogP contribution in [0.15, 0.2) is 30.7 Å². The Kier molecular flexibility index (Phi) is 4.48. The number of anilines is 2. The summed E-state index contributed by atoms with van der Waals surface area (Å²) in [6.45, 7) is 3.19. The second kappa shape index (κ2) is 6.93. The fourth-order valence-electron chi connectivity index (χ4n) is 3.89. The molecule has 4 rings (SSSR count). The Bertz CT molecular complexity index is 746. The van der Waals surface area contributed by atoms with E-state index < -0.39 is 5.54 Å². The standard InChI is InChI=1S/C18H25N7O/c1-23-12-5-15(22-23)21-18(16(26)24-10-2-3-11-24)6-13-25(14-7-18)17-19-8-4-9-20-17/h4-5,8-9,12H,2-3,6-7,10-11,13-14H2,1H3,(H,21,22). The van der Waals surface area contributed by atoms with Gasteiger partial charge in [0.15, 0.2) is 0 Å². The molecule has 0 atom stereocenters. The quantitative estimate of drug-likeness (QED) is 0.890. The van der Waals surface area contributed by atoms with Crippen molar-refractivity contribution in [1.82, 2.24) is 24.6 Å². The predicted molar refractivity (Wildman–Crippen MR) is 98.9 cm³/mol. The number of carbonyl (C=O) groups is 1. The minimum Gasteiger partial charge on any atom is -0.354 e. The van der Waals surface area contributed by atoms with Crippen LogP contribution >= 0.6 is 0 Å². The second-order valence-electron chi connectivity index (χ2n) is 7.12. The smallest absolute Gasteiger partial charge is 0.248 e. The van der Waals surface area contributed by atoms with Crippen LogP contribution in [-0.4, -0.2) is 62.3 Å². The summed E-state index contributed by atoms with van der Waals surface area (Å²) in [6, 6.07) is 3.74. The first-order valence-corrected chi connectivity index (χ1v) is 9.25. The van der Waals surface area contributed by atoms with Crippen LogP contribution in [-0.2, 0) is 11.8 Å². The van der Waals surface area contributed by atoms with Gasteiger partial charge in [-0.2, -0.15) is 5.10 Å². The molecule has 0 aromatic carbocycles. The summed E-state index contributed by atoms with van der Waals surface area (Å²) < 4.78 is 1.75. The van der Waals surface area contributed by atoms with E-state index in [1.54, 1.807) is 17.1 Å². The van der Waals surface area contributed by atoms with Gasteiger partial charge in [0.1, 0.15) is 11.4 Å². The molecule has 0 radical (unpaired) electrons. The Morgan fingerprint density at radius 3 is 2.42 bits per heavy atom. The molecule has 1 amide bonds. The molecule has 4 heterocycles. The number of hydrogen-bond acceptors (Lipinski definition) is 6. The minimum atomic E-state index is -0.607. The molecule has 8 heteroatoms. The normalized spacial score (nSPS) is 19.6. The van der Waals surface area contributed by atoms with Gasteiger partial charge in [0.05, 0.1) is 0 Å². The van der Waals surface area contributed by atoms with Crippen molar-refractivity contribution < 1.29 is 4.79 Å². The lowest BCUT2D eigenvalue weighted by molar-refractivity contribution is -0.135. The summed E-state index contributed by atoms with van der Waals surface area (Å²) in [5, 5.41) is 7.91. The molecule has 0 unspecified atom stereocenters. The molecule has 0 spiro atoms. The zero-order chi connectivity index (χ0) is 18.0. The number of hydrogen-bond donors (Lipinski definition) is 1. The third kappa shape index (κ3) is 3.23. The van der Waals surface area contributed by atoms with E-state index in [9.17, 15) is 4.79 Å². The van der Waals surface area contributed by atoms with Crippen LogP contribution in [0.2, 0.25) is 0 Å². The first-order chi connectivity index (χ1) is 12.7. The second-order valence-corrected chi connectivity index (χ2v) is 7.12. The number of aromatic nitrogens is 4. The Balaban J connectivity index is 1.54. The molecular formula is C18H25N7O. The summed E-state index contributed by atoms with van der Waals surface area (Å²) in [6.07, 6.45) is 9.00. The lowest BCUT2D eigenvalue weighted by Crippen LogP contribution is -2.59. The molecule has 138 valence electrons. The lowest BCUT2D eigenvalue weighted by Gasteiger charge is -2.43. The highest BCUT2D eigenvalue weighted by Gasteiger charge is 2.45. The van der Waals surface area contributed by atoms with Crippen LogP contribution in [0.3, 0.4) is 0 Å². The molecular weight excluding hydrogens is 330 g/mol. The van der Waals surface area contributed by atoms with Crippen LogP contribution < -0.4 is 10.2 Å². The molecule has 0 aliphatic carbocycles. The average Bonchev–Trinajstić information content (AvgIpc) is 3.34. The van der Waals surface area contributed by atoms with E-state index >= 15 is 0 Å². The van der Waals surface area contributed by atoms with Crippen LogP contribution in [0.25, 0.3) is 0 Å². The number of likely N-dealkylation sites (tertiary alicyclic amines) is 1. The molecule has 2 aliphatic heterocycles. The zero-order valence-electron chi connectivity index (χ0n) is 15.1. The molecule has 8 nitrogen and oxygen atoms in total. The lowest BCUT2D eigenvalue weighted by atomic mass is 9.85. The van der Waals surface area contributed by atoms with Gasteiger partial charge >= 0.3 is 0 Å². The van der Waals surface area contributed by atoms with Gasteiger partial charge in [-0.1, -0.05) is 0 Å². The molecule has 2 aromatic rings. The first-order valence-electron chi connectivity index (χ1n) is 9.25. The van der Waals surface area contributed by atoms with Crippen molar-refractivity contribution >= 4 is 17.7 Å². The van der Waals surface area contributed by atoms with E-state index in [-0.39, 0.29) is 5.91 Å². The average molecular weight is 355 g/mol. The predicted octanol–water partition coefficient (Wildman–Crippen LogP) is 1.28. The maximum Gasteiger partial charge on any atom is 0.248 e. The van der Waals surface area contributed by atoms with E-state index in [1.807, 2.05) is 30.3 Å². The van der Waals surface area contributed by atoms with Crippen molar-refractivity contribution in [2.45, 2.75) is 31.2 Å². The van der Waals surface area contributed by atoms with Crippen molar-refractivity contribution in [2.24, 2.45) is 7.05 Å². The SMILES string of the molecule is Cn1ccc(NC2(C(=O)N3CCCC3)CCN(c3ncccn3)CC2)n1. The highest BCUT2D eigenvalue weighted by Crippen LogP contribution is 2.31. The van der Waals surface area contributed by atoms with E-state index in [1.165, 1.54) is 0 Å². The summed E-state index contributed by atoms with van der Waals surface area (Å²) in [4.78, 5) is 26.2. The molecule has 2 aromatic heterocycles. The highest BCUT2D eigenvalue weighted by molar-refractivity contribution is 5.90. The van der Waals surface area contributed by atoms with Gasteiger partial charge in [-0.15, -0.1) is 0 Å². The fraction of sp³-hybridized carbons (Fsp3) is 0.556. The zero-order valence-corrected chi connectivity index (χ0v) is 15.1. The van der Waals surface area contributed by atoms with Gasteiger partial charge in [0.2, 0.25) is 11.9 Å². The van der Waals surface area contributed by atoms with Gasteiger partial charge in [0, 0.05) is 57.9 Å². The summed E-state index contributed by atoms with van der Waals surface area (Å²) >= 11 is 0. The van der Waals surface area contributed by atoms with E-state index in [0.717, 1.165) is 50.8 Å². The van der Waals surface area contributed by atoms with Crippen molar-refractivity contribution in [3.8, 4) is 0 Å². The van der Waals surface area contributed by atoms with Crippen molar-refractivity contribution in [1.29, 1.82) is 0 Å². The van der Waals surface area contributed by atoms with Crippen molar-refractivity contribution in [3.05, 3.63) is 30.7 Å². The number of rotatable bonds is 4. The van der Waals surface area contributed by atoms with Gasteiger partial charge < -0.3 is 15.1 Å². The molecule has 2 saturated heterocycles. The molecule has 2 fully saturated rings. The van der Waals surface area contributed by atoms with Crippen molar-refractivity contribution in [2.75, 3.05) is 36.4 Å². The number of nitrogens with zero attached hydrogens (tertiary/aromatic N) is 6. The maximum absolute atomic E-state index is 13.4. The number of carbonyl (C=O) groups excluding carboxylic acids is 1. The monoisotopic (exact) mass is 355 g/mol. The Morgan fingerprint density at radius 1 is 1.12 bits per heavy atom. The van der Waals surface area contributed by atoms with Gasteiger partial charge in [-0.3, -0.25) is 9.48 Å². The van der Waals surface area contributed by atoms with E-state index in [4.69, 9.17) is 0 Å². The Hall–Kier alpha value is -2.64. The summed E-state index contributed by atoms with van der Waals surface area (Å²) in [5.41, 5.74) is -0.607. The highest BCUT2D eigenvalue weighted by atomic mass is 16.2. The largest absolute Gasteiger partial charge is 0.354 e. The fourth-order valence-corrected chi connectivity index (χ4v) is 3.89. The number of amides is 1. The number of nitrogens with one attached hydrogen (secondary N) is 1. The Morgan fingerprint density at radius 2 is 1.81 bits per heavy atom. The van der Waals surface area contributed by atoms with Gasteiger partial charge in [-0.05, 0) is 31.7 Å². The molecule has 2 aliphatic rings. The van der Waals surface area contributed by atoms with Crippen LogP contribution in [0.4, 0.5) is 11.8 Å².